The van der Waals surface area contributed by atoms with Gasteiger partial charge in [0, 0.05) is 66.8 Å². The minimum absolute atomic E-state index is 0. The molecule has 0 saturated heterocycles. The van der Waals surface area contributed by atoms with Crippen LogP contribution in [-0.4, -0.2) is 9.55 Å². The van der Waals surface area contributed by atoms with Gasteiger partial charge in [-0.05, 0) is 91.9 Å². The van der Waals surface area contributed by atoms with Crippen molar-refractivity contribution in [3.63, 3.8) is 0 Å². The Balaban J connectivity index is 0.00000544. The van der Waals surface area contributed by atoms with Gasteiger partial charge in [0.25, 0.3) is 0 Å². The average molecular weight is 1010 g/mol. The molecule has 0 bridgehead atoms. The van der Waals surface area contributed by atoms with Gasteiger partial charge in [-0.3, -0.25) is 0 Å². The van der Waals surface area contributed by atoms with Gasteiger partial charge in [0.15, 0.2) is 0 Å². The third kappa shape index (κ3) is 8.33. The van der Waals surface area contributed by atoms with Crippen molar-refractivity contribution in [3.05, 3.63) is 186 Å². The first-order valence-electron chi connectivity index (χ1n) is 21.8. The van der Waals surface area contributed by atoms with E-state index in [1.807, 2.05) is 24.4 Å². The summed E-state index contributed by atoms with van der Waals surface area (Å²) in [5.41, 5.74) is 12.2. The molecule has 0 spiro atoms. The Labute approximate surface area is 389 Å². The second-order valence-corrected chi connectivity index (χ2v) is 20.4. The van der Waals surface area contributed by atoms with Gasteiger partial charge in [0.2, 0.25) is 0 Å². The fraction of sp³-hybridized carbons (Fsp3) is 0.263. The summed E-state index contributed by atoms with van der Waals surface area (Å²) in [7, 11) is 0. The van der Waals surface area contributed by atoms with E-state index in [2.05, 4.69) is 225 Å². The molecule has 0 atom stereocenters. The molecule has 3 heterocycles. The number of fused-ring (bicyclic) bond motifs is 4. The van der Waals surface area contributed by atoms with E-state index in [0.29, 0.717) is 11.5 Å². The van der Waals surface area contributed by atoms with Crippen molar-refractivity contribution in [2.75, 3.05) is 9.80 Å². The fourth-order valence-electron chi connectivity index (χ4n) is 8.52. The number of anilines is 4. The topological polar surface area (TPSA) is 33.5 Å². The molecule has 9 rings (SSSR count). The Kier molecular flexibility index (Phi) is 11.3. The second-order valence-electron chi connectivity index (χ2n) is 20.4. The number of hydrogen-bond acceptors (Lipinski definition) is 4. The number of rotatable bonds is 7. The zero-order chi connectivity index (χ0) is 43.8. The van der Waals surface area contributed by atoms with Gasteiger partial charge in [-0.2, -0.15) is 12.1 Å². The number of nitrogens with zero attached hydrogens (tertiary/aromatic N) is 4. The molecule has 6 heteroatoms. The maximum atomic E-state index is 6.68. The second kappa shape index (κ2) is 16.2. The summed E-state index contributed by atoms with van der Waals surface area (Å²) < 4.78 is 8.88. The van der Waals surface area contributed by atoms with Crippen molar-refractivity contribution in [1.29, 1.82) is 0 Å². The number of benzene rings is 6. The van der Waals surface area contributed by atoms with Crippen LogP contribution in [0.3, 0.4) is 0 Å². The Morgan fingerprint density at radius 3 is 1.90 bits per heavy atom. The first-order valence-corrected chi connectivity index (χ1v) is 21.8. The van der Waals surface area contributed by atoms with Gasteiger partial charge in [-0.25, -0.2) is 4.98 Å². The average Bonchev–Trinajstić information content (AvgIpc) is 3.79. The monoisotopic (exact) mass is 1010 g/mol. The van der Waals surface area contributed by atoms with Crippen LogP contribution in [0.25, 0.3) is 27.6 Å². The van der Waals surface area contributed by atoms with E-state index in [1.54, 1.807) is 0 Å². The zero-order valence-electron chi connectivity index (χ0n) is 38.4. The van der Waals surface area contributed by atoms with Crippen molar-refractivity contribution in [3.8, 4) is 17.3 Å². The van der Waals surface area contributed by atoms with Gasteiger partial charge in [0.05, 0.1) is 0 Å². The molecule has 324 valence electrons. The van der Waals surface area contributed by atoms with Crippen LogP contribution < -0.4 is 14.5 Å². The van der Waals surface area contributed by atoms with Crippen molar-refractivity contribution in [2.24, 2.45) is 0 Å². The summed E-state index contributed by atoms with van der Waals surface area (Å²) in [6.07, 6.45) is 1.90. The predicted molar refractivity (Wildman–Crippen MR) is 259 cm³/mol. The van der Waals surface area contributed by atoms with E-state index < -0.39 is 0 Å². The molecule has 0 radical (unpaired) electrons. The molecule has 0 unspecified atom stereocenters. The van der Waals surface area contributed by atoms with Crippen molar-refractivity contribution < 1.29 is 25.8 Å². The predicted octanol–water partition coefficient (Wildman–Crippen LogP) is 15.2. The fourth-order valence-corrected chi connectivity index (χ4v) is 8.52. The third-order valence-corrected chi connectivity index (χ3v) is 12.5. The minimum Gasteiger partial charge on any atom is -0.509 e. The number of aromatic nitrogens is 2. The van der Waals surface area contributed by atoms with Crippen LogP contribution in [0.5, 0.6) is 11.5 Å². The number of para-hydroxylation sites is 1. The van der Waals surface area contributed by atoms with Crippen LogP contribution in [0.1, 0.15) is 104 Å². The maximum Gasteiger partial charge on any atom is 0.135 e. The Hall–Kier alpha value is -5.64. The molecule has 8 aromatic rings. The van der Waals surface area contributed by atoms with E-state index in [-0.39, 0.29) is 42.7 Å². The van der Waals surface area contributed by atoms with E-state index >= 15 is 0 Å². The van der Waals surface area contributed by atoms with Crippen LogP contribution in [0, 0.1) is 18.8 Å². The molecule has 0 N–H and O–H groups in total. The molecule has 2 aromatic heterocycles. The van der Waals surface area contributed by atoms with E-state index in [4.69, 9.17) is 9.72 Å². The van der Waals surface area contributed by atoms with Gasteiger partial charge in [-0.1, -0.05) is 142 Å². The van der Waals surface area contributed by atoms with E-state index in [9.17, 15) is 0 Å². The van der Waals surface area contributed by atoms with Gasteiger partial charge >= 0.3 is 0 Å². The van der Waals surface area contributed by atoms with E-state index in [1.165, 1.54) is 27.8 Å². The van der Waals surface area contributed by atoms with Gasteiger partial charge < -0.3 is 19.1 Å². The molecule has 0 amide bonds. The minimum atomic E-state index is -0.212. The first-order chi connectivity index (χ1) is 29.4. The Morgan fingerprint density at radius 2 is 1.17 bits per heavy atom. The van der Waals surface area contributed by atoms with Crippen molar-refractivity contribution in [2.45, 2.75) is 97.8 Å². The molecule has 1 aliphatic rings. The summed E-state index contributed by atoms with van der Waals surface area (Å²) in [5.74, 6) is 2.07. The SMILES string of the molecule is CC(C)(C)c1cc(N2[CH-]N(c3[c-]c(Oc4[c-]c5c(cc4)c4ccccc4n5-c4cc(C(C)(C)C)ccn4)ccc3)c3cc(C(C)(C)C)ccc32)cc(C(C)(C)c2ccccc2)c1.[Pt]. The number of pyridine rings is 1. The number of ether oxygens (including phenoxy) is 1. The molecule has 6 aromatic carbocycles. The zero-order valence-corrected chi connectivity index (χ0v) is 40.6. The summed E-state index contributed by atoms with van der Waals surface area (Å²) >= 11 is 0. The molecule has 0 aliphatic carbocycles. The smallest absolute Gasteiger partial charge is 0.135 e. The molecule has 63 heavy (non-hydrogen) atoms. The van der Waals surface area contributed by atoms with Crippen LogP contribution >= 0.6 is 0 Å². The van der Waals surface area contributed by atoms with Crippen LogP contribution in [-0.2, 0) is 42.7 Å². The number of hydrogen-bond donors (Lipinski definition) is 0. The van der Waals surface area contributed by atoms with Crippen molar-refractivity contribution in [1.82, 2.24) is 9.55 Å². The van der Waals surface area contributed by atoms with Crippen molar-refractivity contribution >= 4 is 44.6 Å². The Bertz CT molecular complexity index is 2960. The van der Waals surface area contributed by atoms with Crippen LogP contribution in [0.2, 0.25) is 0 Å². The summed E-state index contributed by atoms with van der Waals surface area (Å²) in [4.78, 5) is 9.45. The molecular weight excluding hydrogens is 952 g/mol. The summed E-state index contributed by atoms with van der Waals surface area (Å²) in [6.45, 7) is 27.3. The maximum absolute atomic E-state index is 6.68. The van der Waals surface area contributed by atoms with Crippen LogP contribution in [0.15, 0.2) is 140 Å². The van der Waals surface area contributed by atoms with Gasteiger partial charge in [-0.15, -0.1) is 48.1 Å². The van der Waals surface area contributed by atoms with E-state index in [0.717, 1.165) is 50.4 Å². The van der Waals surface area contributed by atoms with Crippen LogP contribution in [0.4, 0.5) is 22.7 Å². The molecule has 5 nitrogen and oxygen atoms in total. The molecule has 0 saturated carbocycles. The quantitative estimate of drug-likeness (QED) is 0.149. The largest absolute Gasteiger partial charge is 0.509 e. The standard InChI is InChI=1S/C57H57N4O.Pt/c1-54(2,3)39-24-27-50-52(33-39)59(37-60(50)44-31-41(56(7,8)9)30-42(32-44)57(10,11)38-18-13-12-14-19-38)43-20-17-21-45(35-43)62-46-25-26-48-47-22-15-16-23-49(47)61(51(48)36-46)53-34-40(28-29-58-53)55(4,5)6;/h12-34,37H,1-11H3;/q-3;. The van der Waals surface area contributed by atoms with Gasteiger partial charge in [0.1, 0.15) is 5.82 Å². The molecular formula is C57H57N4OPt-3. The molecule has 1 aliphatic heterocycles. The molecule has 0 fully saturated rings. The Morgan fingerprint density at radius 1 is 0.508 bits per heavy atom. The normalized spacial score (nSPS) is 13.4. The third-order valence-electron chi connectivity index (χ3n) is 12.5. The first kappa shape index (κ1) is 44.0. The summed E-state index contributed by atoms with van der Waals surface area (Å²) in [5, 5.41) is 2.24. The summed E-state index contributed by atoms with van der Waals surface area (Å²) in [6, 6.07) is 55.1.